The first-order chi connectivity index (χ1) is 12.7. The Kier molecular flexibility index (Phi) is 5.39. The van der Waals surface area contributed by atoms with Gasteiger partial charge in [-0.2, -0.15) is 4.31 Å². The van der Waals surface area contributed by atoms with Crippen molar-refractivity contribution in [2.24, 2.45) is 5.41 Å². The van der Waals surface area contributed by atoms with Crippen LogP contribution in [-0.4, -0.2) is 42.1 Å². The van der Waals surface area contributed by atoms with E-state index < -0.39 is 20.7 Å². The molecule has 8 heteroatoms. The zero-order valence-electron chi connectivity index (χ0n) is 15.8. The molecule has 1 aliphatic rings. The Bertz CT molecular complexity index is 900. The van der Waals surface area contributed by atoms with Gasteiger partial charge in [0.25, 0.3) is 0 Å². The molecule has 0 atom stereocenters. The van der Waals surface area contributed by atoms with Crippen molar-refractivity contribution in [1.29, 1.82) is 0 Å². The van der Waals surface area contributed by atoms with E-state index in [2.05, 4.69) is 10.5 Å². The van der Waals surface area contributed by atoms with E-state index in [0.717, 1.165) is 5.56 Å². The molecule has 146 valence electrons. The van der Waals surface area contributed by atoms with Gasteiger partial charge in [0.2, 0.25) is 15.9 Å². The maximum atomic E-state index is 13.0. The molecule has 2 aromatic rings. The predicted molar refractivity (Wildman–Crippen MR) is 101 cm³/mol. The summed E-state index contributed by atoms with van der Waals surface area (Å²) >= 11 is 0. The Balaban J connectivity index is 1.75. The lowest BCUT2D eigenvalue weighted by atomic mass is 9.75. The lowest BCUT2D eigenvalue weighted by Crippen LogP contribution is -2.66. The van der Waals surface area contributed by atoms with Gasteiger partial charge in [-0.1, -0.05) is 35.5 Å². The molecule has 1 amide bonds. The van der Waals surface area contributed by atoms with Crippen LogP contribution in [0.2, 0.25) is 0 Å². The number of hydrogen-bond acceptors (Lipinski definition) is 5. The van der Waals surface area contributed by atoms with Crippen LogP contribution < -0.4 is 5.32 Å². The highest BCUT2D eigenvalue weighted by atomic mass is 32.2. The van der Waals surface area contributed by atoms with Crippen LogP contribution in [0.1, 0.15) is 30.9 Å². The molecule has 0 radical (unpaired) electrons. The molecule has 0 unspecified atom stereocenters. The van der Waals surface area contributed by atoms with E-state index in [4.69, 9.17) is 4.52 Å². The summed E-state index contributed by atoms with van der Waals surface area (Å²) in [6.45, 7) is 5.72. The van der Waals surface area contributed by atoms with Gasteiger partial charge >= 0.3 is 0 Å². The number of aromatic nitrogens is 1. The van der Waals surface area contributed by atoms with Crippen LogP contribution in [0.15, 0.2) is 40.9 Å². The topological polar surface area (TPSA) is 92.5 Å². The number of nitrogens with zero attached hydrogens (tertiary/aromatic N) is 2. The lowest BCUT2D eigenvalue weighted by molar-refractivity contribution is -0.137. The zero-order valence-corrected chi connectivity index (χ0v) is 16.6. The highest BCUT2D eigenvalue weighted by Crippen LogP contribution is 2.37. The van der Waals surface area contributed by atoms with E-state index in [1.54, 1.807) is 26.8 Å². The van der Waals surface area contributed by atoms with Crippen molar-refractivity contribution in [3.05, 3.63) is 53.4 Å². The normalized spacial score (nSPS) is 16.9. The number of aryl methyl sites for hydroxylation is 1. The number of nitrogens with one attached hydrogen (secondary N) is 1. The Morgan fingerprint density at radius 3 is 2.52 bits per heavy atom. The van der Waals surface area contributed by atoms with Crippen molar-refractivity contribution in [2.75, 3.05) is 13.1 Å². The summed E-state index contributed by atoms with van der Waals surface area (Å²) in [5, 5.41) is 6.27. The molecule has 7 nitrogen and oxygen atoms in total. The zero-order chi connectivity index (χ0) is 19.7. The Labute approximate surface area is 159 Å². The first-order valence-corrected chi connectivity index (χ1v) is 10.5. The van der Waals surface area contributed by atoms with Crippen molar-refractivity contribution >= 4 is 15.9 Å². The molecule has 1 N–H and O–H groups in total. The first kappa shape index (κ1) is 19.6. The second-order valence-electron chi connectivity index (χ2n) is 7.42. The molecule has 1 saturated heterocycles. The number of amides is 1. The van der Waals surface area contributed by atoms with Gasteiger partial charge in [0.05, 0.1) is 17.2 Å². The molecular formula is C19H25N3O4S. The number of sulfonamides is 1. The fourth-order valence-corrected chi connectivity index (χ4v) is 4.74. The quantitative estimate of drug-likeness (QED) is 0.778. The predicted octanol–water partition coefficient (Wildman–Crippen LogP) is 1.88. The molecule has 0 aliphatic carbocycles. The summed E-state index contributed by atoms with van der Waals surface area (Å²) in [5.74, 6) is 0.512. The third kappa shape index (κ3) is 4.06. The lowest BCUT2D eigenvalue weighted by Gasteiger charge is -2.48. The second-order valence-corrected chi connectivity index (χ2v) is 9.91. The summed E-state index contributed by atoms with van der Waals surface area (Å²) in [6, 6.07) is 11.4. The molecule has 3 rings (SSSR count). The molecule has 1 aromatic heterocycles. The Morgan fingerprint density at radius 2 is 1.96 bits per heavy atom. The molecular weight excluding hydrogens is 366 g/mol. The molecule has 2 heterocycles. The highest BCUT2D eigenvalue weighted by Gasteiger charge is 2.53. The summed E-state index contributed by atoms with van der Waals surface area (Å²) in [5.41, 5.74) is 0.871. The van der Waals surface area contributed by atoms with E-state index in [0.29, 0.717) is 17.9 Å². The molecule has 0 spiro atoms. The molecule has 1 fully saturated rings. The van der Waals surface area contributed by atoms with Gasteiger partial charge in [-0.25, -0.2) is 8.42 Å². The van der Waals surface area contributed by atoms with Crippen molar-refractivity contribution in [1.82, 2.24) is 14.8 Å². The van der Waals surface area contributed by atoms with E-state index in [1.807, 2.05) is 30.3 Å². The van der Waals surface area contributed by atoms with Crippen LogP contribution in [0, 0.1) is 12.3 Å². The maximum Gasteiger partial charge on any atom is 0.229 e. The largest absolute Gasteiger partial charge is 0.361 e. The van der Waals surface area contributed by atoms with E-state index in [1.165, 1.54) is 4.31 Å². The van der Waals surface area contributed by atoms with Crippen molar-refractivity contribution in [2.45, 2.75) is 39.0 Å². The number of benzene rings is 1. The second kappa shape index (κ2) is 7.44. The Hall–Kier alpha value is -2.19. The highest BCUT2D eigenvalue weighted by molar-refractivity contribution is 7.89. The van der Waals surface area contributed by atoms with Gasteiger partial charge in [-0.05, 0) is 32.8 Å². The summed E-state index contributed by atoms with van der Waals surface area (Å²) in [6.07, 6.45) is 0.488. The van der Waals surface area contributed by atoms with Crippen LogP contribution in [0.3, 0.4) is 0 Å². The third-order valence-electron chi connectivity index (χ3n) is 4.89. The minimum Gasteiger partial charge on any atom is -0.361 e. The maximum absolute atomic E-state index is 13.0. The smallest absolute Gasteiger partial charge is 0.229 e. The minimum atomic E-state index is -3.37. The van der Waals surface area contributed by atoms with Gasteiger partial charge in [-0.3, -0.25) is 4.79 Å². The standard InChI is InChI=1S/C19H25N3O4S/c1-14(2)27(24,25)22-12-19(13-22,10-16-7-5-4-6-8-16)18(23)20-11-17-9-15(3)26-21-17/h4-9,14H,10-13H2,1-3H3,(H,20,23). The molecule has 1 aromatic carbocycles. The van der Waals surface area contributed by atoms with Crippen molar-refractivity contribution < 1.29 is 17.7 Å². The number of carbonyl (C=O) groups is 1. The SMILES string of the molecule is Cc1cc(CNC(=O)C2(Cc3ccccc3)CN(S(=O)(=O)C(C)C)C2)no1. The fourth-order valence-electron chi connectivity index (χ4n) is 3.29. The van der Waals surface area contributed by atoms with Crippen LogP contribution in [0.4, 0.5) is 0 Å². The Morgan fingerprint density at radius 1 is 1.30 bits per heavy atom. The monoisotopic (exact) mass is 391 g/mol. The van der Waals surface area contributed by atoms with E-state index in [-0.39, 0.29) is 25.5 Å². The number of hydrogen-bond donors (Lipinski definition) is 1. The fraction of sp³-hybridized carbons (Fsp3) is 0.474. The average molecular weight is 391 g/mol. The first-order valence-electron chi connectivity index (χ1n) is 8.96. The molecule has 1 aliphatic heterocycles. The van der Waals surface area contributed by atoms with Crippen LogP contribution in [0.25, 0.3) is 0 Å². The van der Waals surface area contributed by atoms with Crippen LogP contribution in [-0.2, 0) is 27.8 Å². The van der Waals surface area contributed by atoms with Gasteiger partial charge < -0.3 is 9.84 Å². The molecule has 27 heavy (non-hydrogen) atoms. The van der Waals surface area contributed by atoms with Gasteiger partial charge in [-0.15, -0.1) is 0 Å². The van der Waals surface area contributed by atoms with Gasteiger partial charge in [0, 0.05) is 19.2 Å². The molecule has 0 saturated carbocycles. The summed E-state index contributed by atoms with van der Waals surface area (Å²) in [7, 11) is -3.37. The number of carbonyl (C=O) groups excluding carboxylic acids is 1. The summed E-state index contributed by atoms with van der Waals surface area (Å²) in [4.78, 5) is 13.0. The minimum absolute atomic E-state index is 0.165. The van der Waals surface area contributed by atoms with Gasteiger partial charge in [0.15, 0.2) is 0 Å². The third-order valence-corrected chi connectivity index (χ3v) is 7.06. The van der Waals surface area contributed by atoms with Crippen molar-refractivity contribution in [3.8, 4) is 0 Å². The van der Waals surface area contributed by atoms with Crippen LogP contribution >= 0.6 is 0 Å². The van der Waals surface area contributed by atoms with Crippen LogP contribution in [0.5, 0.6) is 0 Å². The van der Waals surface area contributed by atoms with Crippen molar-refractivity contribution in [3.63, 3.8) is 0 Å². The average Bonchev–Trinajstić information content (AvgIpc) is 3.01. The number of rotatable bonds is 7. The van der Waals surface area contributed by atoms with Gasteiger partial charge in [0.1, 0.15) is 11.5 Å². The van der Waals surface area contributed by atoms with E-state index >= 15 is 0 Å². The summed E-state index contributed by atoms with van der Waals surface area (Å²) < 4.78 is 31.3. The molecule has 0 bridgehead atoms. The van der Waals surface area contributed by atoms with E-state index in [9.17, 15) is 13.2 Å².